The lowest BCUT2D eigenvalue weighted by atomic mass is 10.1. The van der Waals surface area contributed by atoms with E-state index in [0.29, 0.717) is 6.54 Å². The zero-order valence-electron chi connectivity index (χ0n) is 9.29. The second-order valence-electron chi connectivity index (χ2n) is 3.77. The van der Waals surface area contributed by atoms with Crippen LogP contribution in [0.15, 0.2) is 18.2 Å². The van der Waals surface area contributed by atoms with Gasteiger partial charge in [0.15, 0.2) is 0 Å². The lowest BCUT2D eigenvalue weighted by molar-refractivity contribution is 0.905. The molecule has 80 valence electrons. The predicted octanol–water partition coefficient (Wildman–Crippen LogP) is 2.87. The smallest absolute Gasteiger partial charge is 0.137 e. The van der Waals surface area contributed by atoms with Crippen LogP contribution in [0.2, 0.25) is 0 Å². The van der Waals surface area contributed by atoms with Gasteiger partial charge < -0.3 is 4.90 Å². The number of hydrogen-bond acceptors (Lipinski definition) is 2. The third kappa shape index (κ3) is 3.14. The van der Waals surface area contributed by atoms with E-state index >= 15 is 0 Å². The van der Waals surface area contributed by atoms with Crippen LogP contribution >= 0.6 is 11.6 Å². The Morgan fingerprint density at radius 1 is 1.47 bits per heavy atom. The molecule has 1 unspecified atom stereocenters. The largest absolute Gasteiger partial charge is 0.372 e. The summed E-state index contributed by atoms with van der Waals surface area (Å²) in [7, 11) is 1.95. The topological polar surface area (TPSA) is 27.0 Å². The van der Waals surface area contributed by atoms with E-state index in [1.54, 1.807) is 0 Å². The van der Waals surface area contributed by atoms with E-state index < -0.39 is 5.38 Å². The fourth-order valence-corrected chi connectivity index (χ4v) is 1.82. The Bertz CT molecular complexity index is 382. The number of aryl methyl sites for hydroxylation is 2. The highest BCUT2D eigenvalue weighted by molar-refractivity contribution is 6.22. The van der Waals surface area contributed by atoms with Gasteiger partial charge in [-0.25, -0.2) is 0 Å². The Hall–Kier alpha value is -1.20. The molecule has 0 N–H and O–H groups in total. The Morgan fingerprint density at radius 2 is 2.13 bits per heavy atom. The Morgan fingerprint density at radius 3 is 2.67 bits per heavy atom. The average molecular weight is 223 g/mol. The minimum Gasteiger partial charge on any atom is -0.372 e. The summed E-state index contributed by atoms with van der Waals surface area (Å²) in [4.78, 5) is 2.01. The van der Waals surface area contributed by atoms with E-state index in [0.717, 1.165) is 5.69 Å². The fourth-order valence-electron chi connectivity index (χ4n) is 1.61. The molecule has 0 aliphatic rings. The molecule has 0 radical (unpaired) electrons. The first-order valence-corrected chi connectivity index (χ1v) is 5.30. The quantitative estimate of drug-likeness (QED) is 0.736. The molecular weight excluding hydrogens is 208 g/mol. The average Bonchev–Trinajstić information content (AvgIpc) is 2.17. The molecule has 0 aliphatic heterocycles. The number of anilines is 1. The first-order chi connectivity index (χ1) is 7.04. The van der Waals surface area contributed by atoms with Crippen molar-refractivity contribution < 1.29 is 0 Å². The SMILES string of the molecule is Cc1ccc(N(C)CC(Cl)C#N)c(C)c1. The molecule has 0 heterocycles. The minimum atomic E-state index is -0.462. The maximum atomic E-state index is 8.64. The zero-order chi connectivity index (χ0) is 11.4. The number of benzene rings is 1. The summed E-state index contributed by atoms with van der Waals surface area (Å²) in [5.41, 5.74) is 3.58. The summed E-state index contributed by atoms with van der Waals surface area (Å²) in [6.07, 6.45) is 0. The van der Waals surface area contributed by atoms with Crippen LogP contribution in [-0.4, -0.2) is 19.0 Å². The van der Waals surface area contributed by atoms with Crippen LogP contribution in [0, 0.1) is 25.2 Å². The molecule has 0 aromatic heterocycles. The molecule has 3 heteroatoms. The fraction of sp³-hybridized carbons (Fsp3) is 0.417. The summed E-state index contributed by atoms with van der Waals surface area (Å²) in [6.45, 7) is 4.67. The summed E-state index contributed by atoms with van der Waals surface area (Å²) in [5, 5.41) is 8.17. The molecule has 1 atom stereocenters. The number of alkyl halides is 1. The van der Waals surface area contributed by atoms with Crippen molar-refractivity contribution in [3.63, 3.8) is 0 Å². The third-order valence-corrected chi connectivity index (χ3v) is 2.57. The summed E-state index contributed by atoms with van der Waals surface area (Å²) in [6, 6.07) is 8.27. The molecule has 0 spiro atoms. The van der Waals surface area contributed by atoms with Crippen molar-refractivity contribution in [3.05, 3.63) is 29.3 Å². The van der Waals surface area contributed by atoms with Gasteiger partial charge in [0.2, 0.25) is 0 Å². The van der Waals surface area contributed by atoms with Gasteiger partial charge in [-0.15, -0.1) is 11.6 Å². The predicted molar refractivity (Wildman–Crippen MR) is 64.4 cm³/mol. The second-order valence-corrected chi connectivity index (χ2v) is 4.29. The summed E-state index contributed by atoms with van der Waals surface area (Å²) < 4.78 is 0. The van der Waals surface area contributed by atoms with Crippen molar-refractivity contribution in [2.75, 3.05) is 18.5 Å². The van der Waals surface area contributed by atoms with E-state index in [2.05, 4.69) is 32.0 Å². The van der Waals surface area contributed by atoms with Crippen LogP contribution in [0.5, 0.6) is 0 Å². The molecule has 1 rings (SSSR count). The Labute approximate surface area is 96.1 Å². The van der Waals surface area contributed by atoms with Gasteiger partial charge in [0, 0.05) is 19.3 Å². The molecule has 1 aromatic rings. The van der Waals surface area contributed by atoms with E-state index in [1.165, 1.54) is 11.1 Å². The van der Waals surface area contributed by atoms with Gasteiger partial charge in [-0.1, -0.05) is 17.7 Å². The highest BCUT2D eigenvalue weighted by Gasteiger charge is 2.09. The van der Waals surface area contributed by atoms with Gasteiger partial charge >= 0.3 is 0 Å². The van der Waals surface area contributed by atoms with Gasteiger partial charge in [-0.2, -0.15) is 5.26 Å². The van der Waals surface area contributed by atoms with E-state index in [-0.39, 0.29) is 0 Å². The highest BCUT2D eigenvalue weighted by Crippen LogP contribution is 2.20. The lowest BCUT2D eigenvalue weighted by Gasteiger charge is -2.22. The van der Waals surface area contributed by atoms with E-state index in [4.69, 9.17) is 16.9 Å². The molecule has 0 bridgehead atoms. The normalized spacial score (nSPS) is 11.9. The number of nitrogens with zero attached hydrogens (tertiary/aromatic N) is 2. The van der Waals surface area contributed by atoms with Crippen molar-refractivity contribution in [2.24, 2.45) is 0 Å². The number of rotatable bonds is 3. The standard InChI is InChI=1S/C12H15ClN2/c1-9-4-5-12(10(2)6-9)15(3)8-11(13)7-14/h4-6,11H,8H2,1-3H3. The summed E-state index contributed by atoms with van der Waals surface area (Å²) >= 11 is 5.79. The first-order valence-electron chi connectivity index (χ1n) is 4.86. The van der Waals surface area contributed by atoms with Gasteiger partial charge in [0.05, 0.1) is 6.07 Å². The Balaban J connectivity index is 2.83. The summed E-state index contributed by atoms with van der Waals surface area (Å²) in [5.74, 6) is 0. The van der Waals surface area contributed by atoms with Gasteiger partial charge in [-0.05, 0) is 25.5 Å². The molecule has 0 fully saturated rings. The van der Waals surface area contributed by atoms with E-state index in [1.807, 2.05) is 18.0 Å². The van der Waals surface area contributed by atoms with Gasteiger partial charge in [-0.3, -0.25) is 0 Å². The lowest BCUT2D eigenvalue weighted by Crippen LogP contribution is -2.25. The molecular formula is C12H15ClN2. The number of halogens is 1. The molecule has 0 saturated heterocycles. The van der Waals surface area contributed by atoms with Crippen molar-refractivity contribution in [1.82, 2.24) is 0 Å². The van der Waals surface area contributed by atoms with Crippen molar-refractivity contribution in [3.8, 4) is 6.07 Å². The molecule has 2 nitrogen and oxygen atoms in total. The molecule has 0 amide bonds. The number of hydrogen-bond donors (Lipinski definition) is 0. The van der Waals surface area contributed by atoms with Crippen molar-refractivity contribution >= 4 is 17.3 Å². The van der Waals surface area contributed by atoms with Crippen LogP contribution in [-0.2, 0) is 0 Å². The zero-order valence-corrected chi connectivity index (χ0v) is 10.0. The van der Waals surface area contributed by atoms with Crippen molar-refractivity contribution in [2.45, 2.75) is 19.2 Å². The third-order valence-electron chi connectivity index (χ3n) is 2.34. The highest BCUT2D eigenvalue weighted by atomic mass is 35.5. The minimum absolute atomic E-state index is 0.462. The second kappa shape index (κ2) is 5.04. The van der Waals surface area contributed by atoms with Crippen molar-refractivity contribution in [1.29, 1.82) is 5.26 Å². The van der Waals surface area contributed by atoms with Crippen LogP contribution in [0.3, 0.4) is 0 Å². The van der Waals surface area contributed by atoms with Crippen LogP contribution in [0.1, 0.15) is 11.1 Å². The maximum Gasteiger partial charge on any atom is 0.137 e. The van der Waals surface area contributed by atoms with Crippen LogP contribution in [0.25, 0.3) is 0 Å². The molecule has 15 heavy (non-hydrogen) atoms. The molecule has 0 saturated carbocycles. The van der Waals surface area contributed by atoms with E-state index in [9.17, 15) is 0 Å². The first kappa shape index (κ1) is 11.9. The molecule has 0 aliphatic carbocycles. The van der Waals surface area contributed by atoms with Crippen LogP contribution in [0.4, 0.5) is 5.69 Å². The maximum absolute atomic E-state index is 8.64. The van der Waals surface area contributed by atoms with Gasteiger partial charge in [0.1, 0.15) is 5.38 Å². The van der Waals surface area contributed by atoms with Gasteiger partial charge in [0.25, 0.3) is 0 Å². The van der Waals surface area contributed by atoms with Crippen LogP contribution < -0.4 is 4.90 Å². The monoisotopic (exact) mass is 222 g/mol. The number of nitriles is 1. The Kier molecular flexibility index (Phi) is 3.99. The molecule has 1 aromatic carbocycles.